The van der Waals surface area contributed by atoms with E-state index in [2.05, 4.69) is 5.32 Å². The van der Waals surface area contributed by atoms with Gasteiger partial charge < -0.3 is 10.2 Å². The first-order valence-electron chi connectivity index (χ1n) is 7.85. The van der Waals surface area contributed by atoms with E-state index < -0.39 is 15.1 Å². The quantitative estimate of drug-likeness (QED) is 0.815. The van der Waals surface area contributed by atoms with Crippen molar-refractivity contribution >= 4 is 15.7 Å². The number of hydrogen-bond donors (Lipinski definition) is 1. The van der Waals surface area contributed by atoms with Crippen molar-refractivity contribution in [3.8, 4) is 0 Å². The van der Waals surface area contributed by atoms with E-state index >= 15 is 0 Å². The first kappa shape index (κ1) is 14.3. The molecule has 114 valence electrons. The summed E-state index contributed by atoms with van der Waals surface area (Å²) in [6, 6.07) is 0.579. The predicted molar refractivity (Wildman–Crippen MR) is 77.2 cm³/mol. The van der Waals surface area contributed by atoms with Gasteiger partial charge in [0, 0.05) is 18.6 Å². The van der Waals surface area contributed by atoms with Gasteiger partial charge in [0.15, 0.2) is 9.84 Å². The van der Waals surface area contributed by atoms with Crippen LogP contribution in [0.2, 0.25) is 0 Å². The van der Waals surface area contributed by atoms with Crippen LogP contribution in [0.4, 0.5) is 0 Å². The third-order valence-electron chi connectivity index (χ3n) is 5.00. The molecule has 20 heavy (non-hydrogen) atoms. The number of sulfone groups is 1. The minimum absolute atomic E-state index is 0.124. The van der Waals surface area contributed by atoms with E-state index in [0.717, 1.165) is 45.2 Å². The fraction of sp³-hybridized carbons (Fsp3) is 0.929. The number of nitrogens with one attached hydrogen (secondary N) is 1. The van der Waals surface area contributed by atoms with Gasteiger partial charge in [-0.15, -0.1) is 0 Å². The molecule has 0 radical (unpaired) electrons. The Labute approximate surface area is 121 Å². The fourth-order valence-electron chi connectivity index (χ4n) is 3.94. The molecular formula is C14H24N2O3S. The highest BCUT2D eigenvalue weighted by molar-refractivity contribution is 7.92. The maximum Gasteiger partial charge on any atom is 0.241 e. The summed E-state index contributed by atoms with van der Waals surface area (Å²) in [6.07, 6.45) is 6.35. The summed E-state index contributed by atoms with van der Waals surface area (Å²) in [6.45, 7) is 1.75. The molecular weight excluding hydrogens is 276 g/mol. The highest BCUT2D eigenvalue weighted by Crippen LogP contribution is 2.29. The lowest BCUT2D eigenvalue weighted by Gasteiger charge is -2.33. The van der Waals surface area contributed by atoms with E-state index in [4.69, 9.17) is 0 Å². The number of hydrogen-bond acceptors (Lipinski definition) is 4. The molecule has 3 unspecified atom stereocenters. The summed E-state index contributed by atoms with van der Waals surface area (Å²) in [5, 5.41) is 2.70. The summed E-state index contributed by atoms with van der Waals surface area (Å²) in [5.74, 6) is 0.0600. The molecule has 0 saturated carbocycles. The maximum atomic E-state index is 12.7. The SMILES string of the molecule is O=C(C1CCCCS1(=O)=O)N1CCCC1C1CCCN1. The number of amides is 1. The second kappa shape index (κ2) is 5.64. The van der Waals surface area contributed by atoms with Gasteiger partial charge in [-0.2, -0.15) is 0 Å². The van der Waals surface area contributed by atoms with Crippen molar-refractivity contribution in [1.82, 2.24) is 10.2 Å². The van der Waals surface area contributed by atoms with Crippen molar-refractivity contribution in [2.24, 2.45) is 0 Å². The highest BCUT2D eigenvalue weighted by atomic mass is 32.2. The Bertz CT molecular complexity index is 471. The van der Waals surface area contributed by atoms with Crippen LogP contribution >= 0.6 is 0 Å². The number of nitrogens with zero attached hydrogens (tertiary/aromatic N) is 1. The summed E-state index contributed by atoms with van der Waals surface area (Å²) in [7, 11) is -3.22. The van der Waals surface area contributed by atoms with Crippen LogP contribution in [-0.2, 0) is 14.6 Å². The predicted octanol–water partition coefficient (Wildman–Crippen LogP) is 0.697. The topological polar surface area (TPSA) is 66.5 Å². The minimum atomic E-state index is -3.22. The summed E-state index contributed by atoms with van der Waals surface area (Å²) >= 11 is 0. The van der Waals surface area contributed by atoms with Gasteiger partial charge in [0.05, 0.1) is 5.75 Å². The van der Waals surface area contributed by atoms with Gasteiger partial charge in [-0.05, 0) is 45.1 Å². The molecule has 3 rings (SSSR count). The van der Waals surface area contributed by atoms with Crippen LogP contribution in [0.15, 0.2) is 0 Å². The van der Waals surface area contributed by atoms with Gasteiger partial charge in [0.2, 0.25) is 5.91 Å². The van der Waals surface area contributed by atoms with E-state index in [0.29, 0.717) is 18.9 Å². The molecule has 3 aliphatic heterocycles. The lowest BCUT2D eigenvalue weighted by atomic mass is 10.0. The standard InChI is InChI=1S/C14H24N2O3S/c17-14(13-7-1-2-10-20(13,18)19)16-9-4-6-12(16)11-5-3-8-15-11/h11-13,15H,1-10H2. The van der Waals surface area contributed by atoms with E-state index in [1.807, 2.05) is 4.90 Å². The summed E-state index contributed by atoms with van der Waals surface area (Å²) in [5.41, 5.74) is 0. The Kier molecular flexibility index (Phi) is 4.04. The van der Waals surface area contributed by atoms with Crippen LogP contribution in [0.3, 0.4) is 0 Å². The van der Waals surface area contributed by atoms with Crippen molar-refractivity contribution in [3.05, 3.63) is 0 Å². The molecule has 3 atom stereocenters. The molecule has 0 aromatic heterocycles. The van der Waals surface area contributed by atoms with Gasteiger partial charge in [-0.25, -0.2) is 8.42 Å². The molecule has 5 nitrogen and oxygen atoms in total. The smallest absolute Gasteiger partial charge is 0.241 e. The average molecular weight is 300 g/mol. The van der Waals surface area contributed by atoms with Crippen LogP contribution < -0.4 is 5.32 Å². The zero-order valence-electron chi connectivity index (χ0n) is 11.9. The molecule has 3 aliphatic rings. The van der Waals surface area contributed by atoms with Crippen molar-refractivity contribution in [2.45, 2.75) is 62.3 Å². The van der Waals surface area contributed by atoms with Crippen LogP contribution in [0, 0.1) is 0 Å². The minimum Gasteiger partial charge on any atom is -0.337 e. The third kappa shape index (κ3) is 2.60. The van der Waals surface area contributed by atoms with Crippen LogP contribution in [0.5, 0.6) is 0 Å². The Morgan fingerprint density at radius 3 is 2.60 bits per heavy atom. The van der Waals surface area contributed by atoms with E-state index in [9.17, 15) is 13.2 Å². The summed E-state index contributed by atoms with van der Waals surface area (Å²) < 4.78 is 24.3. The van der Waals surface area contributed by atoms with E-state index in [-0.39, 0.29) is 17.7 Å². The molecule has 0 aromatic rings. The molecule has 3 saturated heterocycles. The van der Waals surface area contributed by atoms with Crippen molar-refractivity contribution in [3.63, 3.8) is 0 Å². The molecule has 0 bridgehead atoms. The number of likely N-dealkylation sites (tertiary alicyclic amines) is 1. The van der Waals surface area contributed by atoms with Gasteiger partial charge in [0.1, 0.15) is 5.25 Å². The molecule has 0 aliphatic carbocycles. The molecule has 0 aromatic carbocycles. The van der Waals surface area contributed by atoms with E-state index in [1.165, 1.54) is 0 Å². The van der Waals surface area contributed by atoms with E-state index in [1.54, 1.807) is 0 Å². The number of carbonyl (C=O) groups excluding carboxylic acids is 1. The van der Waals surface area contributed by atoms with Crippen LogP contribution in [0.1, 0.15) is 44.9 Å². The highest BCUT2D eigenvalue weighted by Gasteiger charge is 2.43. The van der Waals surface area contributed by atoms with Crippen LogP contribution in [-0.4, -0.2) is 55.4 Å². The van der Waals surface area contributed by atoms with Crippen molar-refractivity contribution < 1.29 is 13.2 Å². The first-order chi connectivity index (χ1) is 9.59. The third-order valence-corrected chi connectivity index (χ3v) is 7.16. The van der Waals surface area contributed by atoms with Gasteiger partial charge >= 0.3 is 0 Å². The molecule has 0 spiro atoms. The second-order valence-corrected chi connectivity index (χ2v) is 8.60. The van der Waals surface area contributed by atoms with Gasteiger partial charge in [-0.1, -0.05) is 6.42 Å². The number of carbonyl (C=O) groups is 1. The zero-order valence-corrected chi connectivity index (χ0v) is 12.7. The lowest BCUT2D eigenvalue weighted by Crippen LogP contribution is -2.52. The Balaban J connectivity index is 1.75. The second-order valence-electron chi connectivity index (χ2n) is 6.30. The Morgan fingerprint density at radius 1 is 1.05 bits per heavy atom. The van der Waals surface area contributed by atoms with Gasteiger partial charge in [0.25, 0.3) is 0 Å². The largest absolute Gasteiger partial charge is 0.337 e. The average Bonchev–Trinajstić information content (AvgIpc) is 3.08. The molecule has 3 heterocycles. The van der Waals surface area contributed by atoms with Gasteiger partial charge in [-0.3, -0.25) is 4.79 Å². The lowest BCUT2D eigenvalue weighted by molar-refractivity contribution is -0.132. The maximum absolute atomic E-state index is 12.7. The molecule has 3 fully saturated rings. The first-order valence-corrected chi connectivity index (χ1v) is 9.56. The monoisotopic (exact) mass is 300 g/mol. The zero-order chi connectivity index (χ0) is 14.2. The molecule has 6 heteroatoms. The van der Waals surface area contributed by atoms with Crippen molar-refractivity contribution in [1.29, 1.82) is 0 Å². The number of rotatable bonds is 2. The summed E-state index contributed by atoms with van der Waals surface area (Å²) in [4.78, 5) is 14.6. The van der Waals surface area contributed by atoms with Crippen LogP contribution in [0.25, 0.3) is 0 Å². The Hall–Kier alpha value is -0.620. The fourth-order valence-corrected chi connectivity index (χ4v) is 5.80. The van der Waals surface area contributed by atoms with Crippen molar-refractivity contribution in [2.75, 3.05) is 18.8 Å². The normalized spacial score (nSPS) is 37.2. The molecule has 1 N–H and O–H groups in total. The molecule has 1 amide bonds. The Morgan fingerprint density at radius 2 is 1.90 bits per heavy atom.